The first-order valence-corrected chi connectivity index (χ1v) is 7.09. The van der Waals surface area contributed by atoms with Crippen LogP contribution in [0.1, 0.15) is 20.3 Å². The highest BCUT2D eigenvalue weighted by atomic mass is 35.5. The quantitative estimate of drug-likeness (QED) is 0.772. The second-order valence-corrected chi connectivity index (χ2v) is 5.58. The molecule has 0 spiro atoms. The molecule has 16 heavy (non-hydrogen) atoms. The average Bonchev–Trinajstić information content (AvgIpc) is 2.29. The van der Waals surface area contributed by atoms with Gasteiger partial charge in [0.25, 0.3) is 0 Å². The van der Waals surface area contributed by atoms with Gasteiger partial charge in [0.05, 0.1) is 0 Å². The fourth-order valence-electron chi connectivity index (χ4n) is 1.56. The van der Waals surface area contributed by atoms with E-state index in [0.717, 1.165) is 10.8 Å². The Balaban J connectivity index is 2.49. The van der Waals surface area contributed by atoms with E-state index in [-0.39, 0.29) is 0 Å². The van der Waals surface area contributed by atoms with Crippen molar-refractivity contribution >= 4 is 23.4 Å². The van der Waals surface area contributed by atoms with Crippen molar-refractivity contribution in [3.63, 3.8) is 0 Å². The van der Waals surface area contributed by atoms with E-state index in [2.05, 4.69) is 25.2 Å². The fourth-order valence-corrected chi connectivity index (χ4v) is 3.07. The highest BCUT2D eigenvalue weighted by molar-refractivity contribution is 7.99. The van der Waals surface area contributed by atoms with E-state index in [1.807, 2.05) is 37.0 Å². The van der Waals surface area contributed by atoms with E-state index in [1.54, 1.807) is 0 Å². The largest absolute Gasteiger partial charge is 0.316 e. The SMILES string of the molecule is CCC(C)C(CSc1cccc(Cl)c1)NC. The molecule has 0 aromatic heterocycles. The first-order valence-electron chi connectivity index (χ1n) is 5.73. The Morgan fingerprint density at radius 1 is 1.44 bits per heavy atom. The molecule has 3 heteroatoms. The van der Waals surface area contributed by atoms with Crippen molar-refractivity contribution in [1.82, 2.24) is 5.32 Å². The lowest BCUT2D eigenvalue weighted by Crippen LogP contribution is -2.34. The third kappa shape index (κ3) is 4.36. The van der Waals surface area contributed by atoms with Crippen LogP contribution in [-0.2, 0) is 0 Å². The Morgan fingerprint density at radius 3 is 2.75 bits per heavy atom. The molecule has 1 aromatic rings. The maximum Gasteiger partial charge on any atom is 0.0417 e. The van der Waals surface area contributed by atoms with Gasteiger partial charge < -0.3 is 5.32 Å². The van der Waals surface area contributed by atoms with Crippen LogP contribution in [0.4, 0.5) is 0 Å². The van der Waals surface area contributed by atoms with Crippen LogP contribution in [0, 0.1) is 5.92 Å². The lowest BCUT2D eigenvalue weighted by atomic mass is 10.0. The second-order valence-electron chi connectivity index (χ2n) is 4.05. The molecular formula is C13H20ClNS. The van der Waals surface area contributed by atoms with E-state index in [0.29, 0.717) is 12.0 Å². The molecule has 1 nitrogen and oxygen atoms in total. The third-order valence-corrected chi connectivity index (χ3v) is 4.28. The summed E-state index contributed by atoms with van der Waals surface area (Å²) in [6, 6.07) is 8.61. The van der Waals surface area contributed by atoms with Crippen molar-refractivity contribution in [2.24, 2.45) is 5.92 Å². The predicted octanol–water partition coefficient (Wildman–Crippen LogP) is 4.07. The molecule has 0 amide bonds. The number of hydrogen-bond donors (Lipinski definition) is 1. The van der Waals surface area contributed by atoms with E-state index >= 15 is 0 Å². The van der Waals surface area contributed by atoms with Gasteiger partial charge in [-0.05, 0) is 31.2 Å². The van der Waals surface area contributed by atoms with Crippen LogP contribution in [0.3, 0.4) is 0 Å². The predicted molar refractivity (Wildman–Crippen MR) is 74.5 cm³/mol. The summed E-state index contributed by atoms with van der Waals surface area (Å²) in [5.41, 5.74) is 0. The van der Waals surface area contributed by atoms with Gasteiger partial charge in [-0.3, -0.25) is 0 Å². The molecule has 0 saturated heterocycles. The van der Waals surface area contributed by atoms with Crippen LogP contribution in [0.2, 0.25) is 5.02 Å². The van der Waals surface area contributed by atoms with E-state index < -0.39 is 0 Å². The number of rotatable bonds is 6. The molecule has 0 fully saturated rings. The van der Waals surface area contributed by atoms with E-state index in [1.165, 1.54) is 11.3 Å². The van der Waals surface area contributed by atoms with Crippen LogP contribution in [0.25, 0.3) is 0 Å². The number of nitrogens with one attached hydrogen (secondary N) is 1. The summed E-state index contributed by atoms with van der Waals surface area (Å²) in [6.45, 7) is 4.53. The molecule has 0 bridgehead atoms. The molecule has 2 unspecified atom stereocenters. The smallest absolute Gasteiger partial charge is 0.0417 e. The maximum absolute atomic E-state index is 5.95. The van der Waals surface area contributed by atoms with E-state index in [9.17, 15) is 0 Å². The van der Waals surface area contributed by atoms with Crippen LogP contribution < -0.4 is 5.32 Å². The van der Waals surface area contributed by atoms with Gasteiger partial charge in [0.2, 0.25) is 0 Å². The molecule has 0 heterocycles. The molecular weight excluding hydrogens is 238 g/mol. The number of thioether (sulfide) groups is 1. The summed E-state index contributed by atoms with van der Waals surface area (Å²) in [4.78, 5) is 1.25. The molecule has 0 radical (unpaired) electrons. The first kappa shape index (κ1) is 13.9. The Kier molecular flexibility index (Phi) is 6.25. The summed E-state index contributed by atoms with van der Waals surface area (Å²) in [6.07, 6.45) is 1.21. The monoisotopic (exact) mass is 257 g/mol. The summed E-state index contributed by atoms with van der Waals surface area (Å²) < 4.78 is 0. The van der Waals surface area contributed by atoms with Crippen molar-refractivity contribution in [1.29, 1.82) is 0 Å². The molecule has 2 atom stereocenters. The third-order valence-electron chi connectivity index (χ3n) is 2.93. The number of hydrogen-bond acceptors (Lipinski definition) is 2. The topological polar surface area (TPSA) is 12.0 Å². The highest BCUT2D eigenvalue weighted by Gasteiger charge is 2.13. The van der Waals surface area contributed by atoms with Gasteiger partial charge in [-0.1, -0.05) is 37.9 Å². The normalized spacial score (nSPS) is 14.8. The Labute approximate surface area is 108 Å². The molecule has 0 aliphatic heterocycles. The molecule has 0 aliphatic rings. The Hall–Kier alpha value is -0.180. The summed E-state index contributed by atoms with van der Waals surface area (Å²) in [7, 11) is 2.04. The molecule has 90 valence electrons. The van der Waals surface area contributed by atoms with Crippen molar-refractivity contribution in [2.45, 2.75) is 31.2 Å². The zero-order valence-electron chi connectivity index (χ0n) is 10.2. The second kappa shape index (κ2) is 7.21. The van der Waals surface area contributed by atoms with Gasteiger partial charge >= 0.3 is 0 Å². The van der Waals surface area contributed by atoms with Crippen LogP contribution >= 0.6 is 23.4 Å². The zero-order chi connectivity index (χ0) is 12.0. The first-order chi connectivity index (χ1) is 7.67. The van der Waals surface area contributed by atoms with Crippen LogP contribution in [0.5, 0.6) is 0 Å². The van der Waals surface area contributed by atoms with Crippen molar-refractivity contribution in [2.75, 3.05) is 12.8 Å². The maximum atomic E-state index is 5.95. The minimum Gasteiger partial charge on any atom is -0.316 e. The molecule has 1 aromatic carbocycles. The lowest BCUT2D eigenvalue weighted by molar-refractivity contribution is 0.420. The van der Waals surface area contributed by atoms with Crippen molar-refractivity contribution in [3.8, 4) is 0 Å². The van der Waals surface area contributed by atoms with Crippen molar-refractivity contribution in [3.05, 3.63) is 29.3 Å². The van der Waals surface area contributed by atoms with Gasteiger partial charge in [0.15, 0.2) is 0 Å². The van der Waals surface area contributed by atoms with Crippen LogP contribution in [0.15, 0.2) is 29.2 Å². The molecule has 1 rings (SSSR count). The minimum absolute atomic E-state index is 0.564. The Morgan fingerprint density at radius 2 is 2.19 bits per heavy atom. The van der Waals surface area contributed by atoms with Gasteiger partial charge in [-0.25, -0.2) is 0 Å². The average molecular weight is 258 g/mol. The van der Waals surface area contributed by atoms with Crippen LogP contribution in [-0.4, -0.2) is 18.8 Å². The van der Waals surface area contributed by atoms with Crippen molar-refractivity contribution < 1.29 is 0 Å². The standard InChI is InChI=1S/C13H20ClNS/c1-4-10(2)13(15-3)9-16-12-7-5-6-11(14)8-12/h5-8,10,13,15H,4,9H2,1-3H3. The molecule has 0 saturated carbocycles. The van der Waals surface area contributed by atoms with Gasteiger partial charge in [0, 0.05) is 21.7 Å². The highest BCUT2D eigenvalue weighted by Crippen LogP contribution is 2.24. The Bertz CT molecular complexity index is 317. The fraction of sp³-hybridized carbons (Fsp3) is 0.538. The van der Waals surface area contributed by atoms with Gasteiger partial charge in [-0.2, -0.15) is 0 Å². The number of halogens is 1. The summed E-state index contributed by atoms with van der Waals surface area (Å²) in [5, 5.41) is 4.20. The molecule has 1 N–H and O–H groups in total. The summed E-state index contributed by atoms with van der Waals surface area (Å²) in [5.74, 6) is 1.79. The van der Waals surface area contributed by atoms with Gasteiger partial charge in [0.1, 0.15) is 0 Å². The van der Waals surface area contributed by atoms with E-state index in [4.69, 9.17) is 11.6 Å². The summed E-state index contributed by atoms with van der Waals surface area (Å²) >= 11 is 7.82. The molecule has 0 aliphatic carbocycles. The lowest BCUT2D eigenvalue weighted by Gasteiger charge is -2.21. The van der Waals surface area contributed by atoms with Gasteiger partial charge in [-0.15, -0.1) is 11.8 Å². The zero-order valence-corrected chi connectivity index (χ0v) is 11.7. The number of benzene rings is 1. The minimum atomic E-state index is 0.564.